The standard InChI is InChI=1S/C20H24N2O5/c1-22-15(12-6-7-17(24-2)16(23)8-12)11-14(21-22)13-9-18(25-3)20(27-5)19(10-13)26-4/h6-10,15,23H,11H2,1-5H3. The third-order valence-corrected chi connectivity index (χ3v) is 4.70. The normalized spacial score (nSPS) is 16.1. The lowest BCUT2D eigenvalue weighted by Crippen LogP contribution is -2.13. The molecule has 1 N–H and O–H groups in total. The number of nitrogens with zero attached hydrogens (tertiary/aromatic N) is 2. The number of rotatable bonds is 6. The first-order valence-corrected chi connectivity index (χ1v) is 8.50. The molecule has 0 aromatic heterocycles. The SMILES string of the molecule is COc1ccc(C2CC(c3cc(OC)c(OC)c(OC)c3)=NN2C)cc1O. The van der Waals surface area contributed by atoms with Crippen LogP contribution in [0.3, 0.4) is 0 Å². The Hall–Kier alpha value is -3.09. The molecule has 1 heterocycles. The maximum Gasteiger partial charge on any atom is 0.203 e. The Labute approximate surface area is 158 Å². The average Bonchev–Trinajstić information content (AvgIpc) is 3.08. The summed E-state index contributed by atoms with van der Waals surface area (Å²) in [6.07, 6.45) is 0.681. The molecule has 7 nitrogen and oxygen atoms in total. The Bertz CT molecular complexity index is 840. The summed E-state index contributed by atoms with van der Waals surface area (Å²) >= 11 is 0. The van der Waals surface area contributed by atoms with Gasteiger partial charge in [-0.3, -0.25) is 5.01 Å². The molecule has 7 heteroatoms. The summed E-state index contributed by atoms with van der Waals surface area (Å²) in [6, 6.07) is 9.21. The van der Waals surface area contributed by atoms with Crippen molar-refractivity contribution in [2.45, 2.75) is 12.5 Å². The van der Waals surface area contributed by atoms with Crippen LogP contribution >= 0.6 is 0 Å². The predicted octanol–water partition coefficient (Wildman–Crippen LogP) is 3.21. The summed E-state index contributed by atoms with van der Waals surface area (Å²) < 4.78 is 21.4. The highest BCUT2D eigenvalue weighted by molar-refractivity contribution is 6.02. The van der Waals surface area contributed by atoms with Crippen LogP contribution in [0.15, 0.2) is 35.4 Å². The maximum absolute atomic E-state index is 10.1. The lowest BCUT2D eigenvalue weighted by Gasteiger charge is -2.19. The van der Waals surface area contributed by atoms with E-state index in [4.69, 9.17) is 18.9 Å². The minimum Gasteiger partial charge on any atom is -0.504 e. The van der Waals surface area contributed by atoms with Gasteiger partial charge in [-0.05, 0) is 29.8 Å². The Kier molecular flexibility index (Phi) is 5.30. The number of hydrogen-bond acceptors (Lipinski definition) is 7. The van der Waals surface area contributed by atoms with Gasteiger partial charge in [0.05, 0.1) is 40.2 Å². The van der Waals surface area contributed by atoms with E-state index in [0.717, 1.165) is 16.8 Å². The first-order valence-electron chi connectivity index (χ1n) is 8.50. The minimum absolute atomic E-state index is 0.0101. The molecular formula is C20H24N2O5. The summed E-state index contributed by atoms with van der Waals surface area (Å²) in [6.45, 7) is 0. The van der Waals surface area contributed by atoms with Crippen LogP contribution in [0.1, 0.15) is 23.6 Å². The molecule has 0 aliphatic carbocycles. The molecular weight excluding hydrogens is 348 g/mol. The van der Waals surface area contributed by atoms with Gasteiger partial charge < -0.3 is 24.1 Å². The molecule has 0 radical (unpaired) electrons. The fourth-order valence-electron chi connectivity index (χ4n) is 3.29. The summed E-state index contributed by atoms with van der Waals surface area (Å²) in [7, 11) is 8.20. The largest absolute Gasteiger partial charge is 0.504 e. The third kappa shape index (κ3) is 3.45. The van der Waals surface area contributed by atoms with Crippen LogP contribution in [-0.2, 0) is 0 Å². The van der Waals surface area contributed by atoms with Gasteiger partial charge in [0, 0.05) is 19.0 Å². The molecule has 0 saturated heterocycles. The monoisotopic (exact) mass is 372 g/mol. The van der Waals surface area contributed by atoms with Gasteiger partial charge in [0.25, 0.3) is 0 Å². The first-order chi connectivity index (χ1) is 13.0. The molecule has 1 unspecified atom stereocenters. The predicted molar refractivity (Wildman–Crippen MR) is 102 cm³/mol. The van der Waals surface area contributed by atoms with Gasteiger partial charge in [-0.1, -0.05) is 6.07 Å². The Morgan fingerprint density at radius 3 is 2.07 bits per heavy atom. The second-order valence-electron chi connectivity index (χ2n) is 6.19. The molecule has 1 atom stereocenters. The second-order valence-corrected chi connectivity index (χ2v) is 6.19. The molecule has 0 fully saturated rings. The fraction of sp³-hybridized carbons (Fsp3) is 0.350. The average molecular weight is 372 g/mol. The van der Waals surface area contributed by atoms with E-state index >= 15 is 0 Å². The zero-order valence-electron chi connectivity index (χ0n) is 16.1. The highest BCUT2D eigenvalue weighted by Crippen LogP contribution is 2.41. The van der Waals surface area contributed by atoms with E-state index in [0.29, 0.717) is 29.4 Å². The summed E-state index contributed by atoms with van der Waals surface area (Å²) in [5.74, 6) is 2.28. The van der Waals surface area contributed by atoms with E-state index < -0.39 is 0 Å². The number of benzene rings is 2. The molecule has 0 saturated carbocycles. The van der Waals surface area contributed by atoms with E-state index in [2.05, 4.69) is 5.10 Å². The number of aromatic hydroxyl groups is 1. The molecule has 3 rings (SSSR count). The van der Waals surface area contributed by atoms with Gasteiger partial charge >= 0.3 is 0 Å². The van der Waals surface area contributed by atoms with Gasteiger partial charge in [-0.15, -0.1) is 0 Å². The van der Waals surface area contributed by atoms with Crippen LogP contribution in [0.5, 0.6) is 28.7 Å². The Morgan fingerprint density at radius 2 is 1.56 bits per heavy atom. The van der Waals surface area contributed by atoms with Gasteiger partial charge in [0.15, 0.2) is 23.0 Å². The number of phenols is 1. The number of phenolic OH excluding ortho intramolecular Hbond substituents is 1. The fourth-order valence-corrected chi connectivity index (χ4v) is 3.29. The van der Waals surface area contributed by atoms with Crippen LogP contribution < -0.4 is 18.9 Å². The van der Waals surface area contributed by atoms with Crippen molar-refractivity contribution >= 4 is 5.71 Å². The molecule has 2 aromatic carbocycles. The van der Waals surface area contributed by atoms with E-state index in [1.54, 1.807) is 33.5 Å². The molecule has 0 amide bonds. The minimum atomic E-state index is 0.0101. The lowest BCUT2D eigenvalue weighted by molar-refractivity contribution is 0.288. The van der Waals surface area contributed by atoms with Crippen LogP contribution in [0.25, 0.3) is 0 Å². The molecule has 0 spiro atoms. The number of ether oxygens (including phenoxy) is 4. The van der Waals surface area contributed by atoms with Gasteiger partial charge in [0.1, 0.15) is 0 Å². The van der Waals surface area contributed by atoms with E-state index in [-0.39, 0.29) is 11.8 Å². The van der Waals surface area contributed by atoms with Crippen LogP contribution in [0.4, 0.5) is 0 Å². The topological polar surface area (TPSA) is 72.8 Å². The van der Waals surface area contributed by atoms with Crippen molar-refractivity contribution in [3.05, 3.63) is 41.5 Å². The van der Waals surface area contributed by atoms with E-state index in [9.17, 15) is 5.11 Å². The summed E-state index contributed by atoms with van der Waals surface area (Å²) in [5, 5.41) is 16.7. The third-order valence-electron chi connectivity index (χ3n) is 4.70. The number of hydrazone groups is 1. The van der Waals surface area contributed by atoms with Crippen LogP contribution in [0, 0.1) is 0 Å². The van der Waals surface area contributed by atoms with Crippen molar-refractivity contribution in [2.75, 3.05) is 35.5 Å². The Balaban J connectivity index is 1.92. The van der Waals surface area contributed by atoms with Crippen LogP contribution in [0.2, 0.25) is 0 Å². The maximum atomic E-state index is 10.1. The smallest absolute Gasteiger partial charge is 0.203 e. The van der Waals surface area contributed by atoms with Crippen LogP contribution in [-0.4, -0.2) is 51.3 Å². The molecule has 2 aromatic rings. The quantitative estimate of drug-likeness (QED) is 0.839. The van der Waals surface area contributed by atoms with Crippen molar-refractivity contribution < 1.29 is 24.1 Å². The second kappa shape index (κ2) is 7.65. The van der Waals surface area contributed by atoms with Gasteiger partial charge in [-0.25, -0.2) is 0 Å². The zero-order valence-corrected chi connectivity index (χ0v) is 16.1. The van der Waals surface area contributed by atoms with Gasteiger partial charge in [-0.2, -0.15) is 5.10 Å². The molecule has 1 aliphatic heterocycles. The summed E-state index contributed by atoms with van der Waals surface area (Å²) in [5.41, 5.74) is 2.76. The Morgan fingerprint density at radius 1 is 0.926 bits per heavy atom. The highest BCUT2D eigenvalue weighted by Gasteiger charge is 2.28. The summed E-state index contributed by atoms with van der Waals surface area (Å²) in [4.78, 5) is 0. The molecule has 144 valence electrons. The zero-order chi connectivity index (χ0) is 19.6. The highest BCUT2D eigenvalue weighted by atomic mass is 16.5. The van der Waals surface area contributed by atoms with Crippen molar-refractivity contribution in [1.82, 2.24) is 5.01 Å². The van der Waals surface area contributed by atoms with Crippen molar-refractivity contribution in [2.24, 2.45) is 5.10 Å². The van der Waals surface area contributed by atoms with Gasteiger partial charge in [0.2, 0.25) is 5.75 Å². The molecule has 0 bridgehead atoms. The number of methoxy groups -OCH3 is 4. The van der Waals surface area contributed by atoms with E-state index in [1.807, 2.05) is 30.3 Å². The molecule has 1 aliphatic rings. The van der Waals surface area contributed by atoms with Crippen molar-refractivity contribution in [3.8, 4) is 28.7 Å². The van der Waals surface area contributed by atoms with Crippen molar-refractivity contribution in [3.63, 3.8) is 0 Å². The van der Waals surface area contributed by atoms with E-state index in [1.165, 1.54) is 7.11 Å². The number of hydrogen-bond donors (Lipinski definition) is 1. The first kappa shape index (κ1) is 18.7. The van der Waals surface area contributed by atoms with Crippen molar-refractivity contribution in [1.29, 1.82) is 0 Å². The molecule has 27 heavy (non-hydrogen) atoms. The lowest BCUT2D eigenvalue weighted by atomic mass is 9.98.